The second kappa shape index (κ2) is 6.84. The average Bonchev–Trinajstić information content (AvgIpc) is 3.27. The van der Waals surface area contributed by atoms with Gasteiger partial charge in [-0.25, -0.2) is 0 Å². The van der Waals surface area contributed by atoms with Gasteiger partial charge >= 0.3 is 0 Å². The lowest BCUT2D eigenvalue weighted by atomic mass is 10.2. The highest BCUT2D eigenvalue weighted by Gasteiger charge is 2.25. The Labute approximate surface area is 140 Å². The normalized spacial score (nSPS) is 17.9. The van der Waals surface area contributed by atoms with Crippen LogP contribution < -0.4 is 4.74 Å². The molecule has 1 aliphatic rings. The molecule has 24 heavy (non-hydrogen) atoms. The molecule has 5 heteroatoms. The Morgan fingerprint density at radius 1 is 1.17 bits per heavy atom. The van der Waals surface area contributed by atoms with Crippen LogP contribution in [0.15, 0.2) is 65.4 Å². The van der Waals surface area contributed by atoms with Crippen LogP contribution in [0.4, 0.5) is 0 Å². The Kier molecular flexibility index (Phi) is 4.25. The molecule has 0 N–H and O–H groups in total. The number of likely N-dealkylation sites (tertiary alicyclic amines) is 1. The van der Waals surface area contributed by atoms with E-state index in [0.29, 0.717) is 0 Å². The third-order valence-electron chi connectivity index (χ3n) is 4.17. The van der Waals surface area contributed by atoms with Crippen LogP contribution in [0.1, 0.15) is 12.2 Å². The number of hydrogen-bond acceptors (Lipinski definition) is 5. The number of ether oxygens (including phenoxy) is 1. The summed E-state index contributed by atoms with van der Waals surface area (Å²) in [7, 11) is 0. The van der Waals surface area contributed by atoms with E-state index >= 15 is 0 Å². The fourth-order valence-corrected chi connectivity index (χ4v) is 2.99. The summed E-state index contributed by atoms with van der Waals surface area (Å²) in [5.74, 6) is 1.80. The van der Waals surface area contributed by atoms with Crippen molar-refractivity contribution in [1.29, 1.82) is 0 Å². The van der Waals surface area contributed by atoms with E-state index in [1.807, 2.05) is 48.5 Å². The zero-order valence-corrected chi connectivity index (χ0v) is 13.3. The van der Waals surface area contributed by atoms with E-state index in [2.05, 4.69) is 15.0 Å². The van der Waals surface area contributed by atoms with Crippen molar-refractivity contribution in [2.45, 2.75) is 19.1 Å². The molecule has 0 amide bonds. The molecule has 1 saturated heterocycles. The quantitative estimate of drug-likeness (QED) is 0.721. The van der Waals surface area contributed by atoms with E-state index in [0.717, 1.165) is 48.8 Å². The molecule has 0 aliphatic carbocycles. The zero-order valence-electron chi connectivity index (χ0n) is 13.3. The van der Waals surface area contributed by atoms with Gasteiger partial charge in [-0.05, 0) is 30.7 Å². The minimum atomic E-state index is 0.230. The Bertz CT molecular complexity index is 774. The molecule has 3 aromatic rings. The Balaban J connectivity index is 1.34. The molecule has 2 aromatic heterocycles. The number of rotatable bonds is 5. The number of para-hydroxylation sites is 1. The molecule has 0 bridgehead atoms. The molecule has 0 radical (unpaired) electrons. The maximum absolute atomic E-state index is 6.02. The fraction of sp³-hybridized carbons (Fsp3) is 0.263. The first-order valence-corrected chi connectivity index (χ1v) is 8.17. The first kappa shape index (κ1) is 14.9. The topological polar surface area (TPSA) is 51.4 Å². The maximum Gasteiger partial charge on any atom is 0.151 e. The summed E-state index contributed by atoms with van der Waals surface area (Å²) in [6.07, 6.45) is 4.80. The third-order valence-corrected chi connectivity index (χ3v) is 4.17. The lowest BCUT2D eigenvalue weighted by molar-refractivity contribution is 0.192. The molecule has 5 nitrogen and oxygen atoms in total. The van der Waals surface area contributed by atoms with Gasteiger partial charge in [-0.15, -0.1) is 0 Å². The zero-order chi connectivity index (χ0) is 16.2. The van der Waals surface area contributed by atoms with Crippen LogP contribution in [0.5, 0.6) is 5.75 Å². The molecule has 4 rings (SSSR count). The molecular weight excluding hydrogens is 302 g/mol. The molecule has 3 heterocycles. The van der Waals surface area contributed by atoms with Crippen LogP contribution >= 0.6 is 0 Å². The van der Waals surface area contributed by atoms with Crippen molar-refractivity contribution in [2.75, 3.05) is 13.1 Å². The van der Waals surface area contributed by atoms with Crippen LogP contribution in [-0.2, 0) is 6.54 Å². The summed E-state index contributed by atoms with van der Waals surface area (Å²) < 4.78 is 11.5. The largest absolute Gasteiger partial charge is 0.489 e. The van der Waals surface area contributed by atoms with Crippen LogP contribution in [0.2, 0.25) is 0 Å². The predicted molar refractivity (Wildman–Crippen MR) is 90.5 cm³/mol. The standard InChI is InChI=1S/C19H19N3O2/c1-2-6-16(7-3-1)23-17-8-10-22(13-17)14-18-11-19(21-24-18)15-5-4-9-20-12-15/h1-7,9,11-12,17H,8,10,13-14H2/t17-/m1/s1. The molecule has 1 fully saturated rings. The first-order chi connectivity index (χ1) is 11.9. The Morgan fingerprint density at radius 2 is 2.08 bits per heavy atom. The third kappa shape index (κ3) is 3.46. The van der Waals surface area contributed by atoms with Crippen LogP contribution in [-0.4, -0.2) is 34.2 Å². The monoisotopic (exact) mass is 321 g/mol. The molecule has 1 aromatic carbocycles. The highest BCUT2D eigenvalue weighted by molar-refractivity contribution is 5.57. The predicted octanol–water partition coefficient (Wildman–Crippen LogP) is 3.39. The summed E-state index contributed by atoms with van der Waals surface area (Å²) in [5, 5.41) is 4.14. The van der Waals surface area contributed by atoms with Crippen LogP contribution in [0.25, 0.3) is 11.3 Å². The number of hydrogen-bond donors (Lipinski definition) is 0. The summed E-state index contributed by atoms with van der Waals surface area (Å²) in [6.45, 7) is 2.65. The second-order valence-corrected chi connectivity index (χ2v) is 6.00. The minimum absolute atomic E-state index is 0.230. The molecule has 1 atom stereocenters. The average molecular weight is 321 g/mol. The van der Waals surface area contributed by atoms with E-state index in [9.17, 15) is 0 Å². The van der Waals surface area contributed by atoms with Crippen molar-refractivity contribution in [3.05, 3.63) is 66.7 Å². The van der Waals surface area contributed by atoms with Crippen molar-refractivity contribution in [2.24, 2.45) is 0 Å². The summed E-state index contributed by atoms with van der Waals surface area (Å²) >= 11 is 0. The molecule has 0 unspecified atom stereocenters. The number of aromatic nitrogens is 2. The van der Waals surface area contributed by atoms with Gasteiger partial charge in [0.2, 0.25) is 0 Å². The van der Waals surface area contributed by atoms with Gasteiger partial charge in [0.1, 0.15) is 17.5 Å². The van der Waals surface area contributed by atoms with E-state index in [1.54, 1.807) is 12.4 Å². The Morgan fingerprint density at radius 3 is 2.92 bits per heavy atom. The minimum Gasteiger partial charge on any atom is -0.489 e. The highest BCUT2D eigenvalue weighted by atomic mass is 16.5. The number of nitrogens with zero attached hydrogens (tertiary/aromatic N) is 3. The first-order valence-electron chi connectivity index (χ1n) is 8.17. The Hall–Kier alpha value is -2.66. The van der Waals surface area contributed by atoms with Gasteiger partial charge in [0, 0.05) is 37.1 Å². The van der Waals surface area contributed by atoms with Crippen molar-refractivity contribution >= 4 is 0 Å². The van der Waals surface area contributed by atoms with Crippen molar-refractivity contribution in [3.8, 4) is 17.0 Å². The number of benzene rings is 1. The molecule has 122 valence electrons. The van der Waals surface area contributed by atoms with Gasteiger partial charge in [0.15, 0.2) is 5.76 Å². The fourth-order valence-electron chi connectivity index (χ4n) is 2.99. The highest BCUT2D eigenvalue weighted by Crippen LogP contribution is 2.22. The van der Waals surface area contributed by atoms with Crippen molar-refractivity contribution < 1.29 is 9.26 Å². The van der Waals surface area contributed by atoms with Crippen molar-refractivity contribution in [3.63, 3.8) is 0 Å². The molecule has 0 spiro atoms. The van der Waals surface area contributed by atoms with Crippen LogP contribution in [0, 0.1) is 0 Å². The summed E-state index contributed by atoms with van der Waals surface area (Å²) in [4.78, 5) is 6.45. The van der Waals surface area contributed by atoms with Gasteiger partial charge in [-0.2, -0.15) is 0 Å². The lowest BCUT2D eigenvalue weighted by Crippen LogP contribution is -2.24. The molecule has 1 aliphatic heterocycles. The van der Waals surface area contributed by atoms with Gasteiger partial charge in [-0.3, -0.25) is 9.88 Å². The van der Waals surface area contributed by atoms with Gasteiger partial charge in [-0.1, -0.05) is 23.4 Å². The van der Waals surface area contributed by atoms with E-state index in [4.69, 9.17) is 9.26 Å². The van der Waals surface area contributed by atoms with Gasteiger partial charge in [0.25, 0.3) is 0 Å². The van der Waals surface area contributed by atoms with Crippen LogP contribution in [0.3, 0.4) is 0 Å². The van der Waals surface area contributed by atoms with E-state index in [-0.39, 0.29) is 6.10 Å². The smallest absolute Gasteiger partial charge is 0.151 e. The second-order valence-electron chi connectivity index (χ2n) is 6.00. The summed E-state index contributed by atoms with van der Waals surface area (Å²) in [6, 6.07) is 15.9. The molecule has 0 saturated carbocycles. The molecular formula is C19H19N3O2. The van der Waals surface area contributed by atoms with Crippen molar-refractivity contribution in [1.82, 2.24) is 15.0 Å². The summed E-state index contributed by atoms with van der Waals surface area (Å²) in [5.41, 5.74) is 1.80. The van der Waals surface area contributed by atoms with E-state index < -0.39 is 0 Å². The SMILES string of the molecule is c1ccc(O[C@@H]2CCN(Cc3cc(-c4cccnc4)no3)C2)cc1. The number of pyridine rings is 1. The lowest BCUT2D eigenvalue weighted by Gasteiger charge is -2.15. The van der Waals surface area contributed by atoms with Gasteiger partial charge in [0.05, 0.1) is 6.54 Å². The van der Waals surface area contributed by atoms with E-state index in [1.165, 1.54) is 0 Å². The van der Waals surface area contributed by atoms with Gasteiger partial charge < -0.3 is 9.26 Å². The maximum atomic E-state index is 6.02.